The lowest BCUT2D eigenvalue weighted by atomic mass is 9.97. The molecule has 0 aromatic rings. The Morgan fingerprint density at radius 3 is 1.59 bits per heavy atom. The van der Waals surface area contributed by atoms with E-state index in [9.17, 15) is 9.59 Å². The van der Waals surface area contributed by atoms with Gasteiger partial charge in [-0.15, -0.1) is 12.6 Å². The molecule has 0 saturated heterocycles. The third-order valence-electron chi connectivity index (χ3n) is 4.18. The van der Waals surface area contributed by atoms with Crippen LogP contribution < -0.4 is 0 Å². The quantitative estimate of drug-likeness (QED) is 0.285. The molecular weight excluding hydrogens is 296 g/mol. The summed E-state index contributed by atoms with van der Waals surface area (Å²) in [6.45, 7) is 2.25. The first-order valence-electron chi connectivity index (χ1n) is 9.02. The van der Waals surface area contributed by atoms with Gasteiger partial charge in [0.15, 0.2) is 5.12 Å². The second-order valence-electron chi connectivity index (χ2n) is 6.31. The minimum absolute atomic E-state index is 0.0521. The van der Waals surface area contributed by atoms with Gasteiger partial charge in [0.05, 0.1) is 5.92 Å². The van der Waals surface area contributed by atoms with Crippen LogP contribution in [0.1, 0.15) is 96.8 Å². The maximum absolute atomic E-state index is 11.0. The maximum Gasteiger partial charge on any atom is 0.306 e. The van der Waals surface area contributed by atoms with Crippen LogP contribution in [0.25, 0.3) is 0 Å². The van der Waals surface area contributed by atoms with Crippen LogP contribution in [-0.2, 0) is 9.59 Å². The molecule has 0 amide bonds. The lowest BCUT2D eigenvalue weighted by Gasteiger charge is -2.09. The van der Waals surface area contributed by atoms with Crippen LogP contribution in [0.5, 0.6) is 0 Å². The second-order valence-corrected chi connectivity index (χ2v) is 6.81. The molecule has 1 unspecified atom stereocenters. The van der Waals surface area contributed by atoms with Crippen LogP contribution >= 0.6 is 12.6 Å². The molecule has 0 saturated carbocycles. The first kappa shape index (κ1) is 21.5. The predicted octanol–water partition coefficient (Wildman–Crippen LogP) is 5.62. The normalized spacial score (nSPS) is 12.3. The van der Waals surface area contributed by atoms with Gasteiger partial charge in [0.1, 0.15) is 0 Å². The van der Waals surface area contributed by atoms with Gasteiger partial charge in [0, 0.05) is 6.42 Å². The van der Waals surface area contributed by atoms with Crippen molar-refractivity contribution in [1.82, 2.24) is 0 Å². The van der Waals surface area contributed by atoms with Crippen LogP contribution in [0.2, 0.25) is 0 Å². The molecule has 0 rings (SSSR count). The summed E-state index contributed by atoms with van der Waals surface area (Å²) in [6, 6.07) is 0. The van der Waals surface area contributed by atoms with Gasteiger partial charge in [-0.25, -0.2) is 0 Å². The summed E-state index contributed by atoms with van der Waals surface area (Å²) in [6.07, 6.45) is 15.8. The molecule has 0 aromatic heterocycles. The van der Waals surface area contributed by atoms with E-state index >= 15 is 0 Å². The average Bonchev–Trinajstić information content (AvgIpc) is 2.46. The zero-order valence-electron chi connectivity index (χ0n) is 14.2. The molecule has 130 valence electrons. The van der Waals surface area contributed by atoms with E-state index in [0.717, 1.165) is 12.8 Å². The Bertz CT molecular complexity index is 292. The molecule has 0 heterocycles. The van der Waals surface area contributed by atoms with Gasteiger partial charge in [0.2, 0.25) is 0 Å². The number of unbranched alkanes of at least 4 members (excludes halogenated alkanes) is 11. The van der Waals surface area contributed by atoms with Crippen molar-refractivity contribution in [2.45, 2.75) is 96.8 Å². The van der Waals surface area contributed by atoms with Crippen molar-refractivity contribution < 1.29 is 14.7 Å². The van der Waals surface area contributed by atoms with Gasteiger partial charge in [-0.3, -0.25) is 9.59 Å². The highest BCUT2D eigenvalue weighted by atomic mass is 32.1. The van der Waals surface area contributed by atoms with E-state index in [0.29, 0.717) is 6.42 Å². The predicted molar refractivity (Wildman–Crippen MR) is 95.4 cm³/mol. The number of carbonyl (C=O) groups excluding carboxylic acids is 1. The molecule has 0 aliphatic carbocycles. The van der Waals surface area contributed by atoms with Gasteiger partial charge < -0.3 is 5.11 Å². The van der Waals surface area contributed by atoms with E-state index in [1.165, 1.54) is 64.2 Å². The molecule has 3 nitrogen and oxygen atoms in total. The van der Waals surface area contributed by atoms with E-state index in [-0.39, 0.29) is 11.5 Å². The third kappa shape index (κ3) is 14.4. The van der Waals surface area contributed by atoms with Gasteiger partial charge in [-0.2, -0.15) is 0 Å². The van der Waals surface area contributed by atoms with Crippen LogP contribution in [0, 0.1) is 5.92 Å². The van der Waals surface area contributed by atoms with E-state index in [1.807, 2.05) is 0 Å². The number of aliphatic carboxylic acids is 1. The molecule has 0 bridgehead atoms. The largest absolute Gasteiger partial charge is 0.481 e. The van der Waals surface area contributed by atoms with Gasteiger partial charge in [0.25, 0.3) is 0 Å². The third-order valence-corrected chi connectivity index (χ3v) is 4.36. The Kier molecular flexibility index (Phi) is 15.0. The standard InChI is InChI=1S/C18H34O3S/c1-2-3-4-5-6-7-8-9-10-11-12-13-14-16(18(20)21)15-17(19)22/h16H,2-15H2,1H3,(H,19,22)(H,20,21). The second kappa shape index (κ2) is 15.4. The average molecular weight is 331 g/mol. The highest BCUT2D eigenvalue weighted by molar-refractivity contribution is 7.96. The molecule has 0 aromatic carbocycles. The summed E-state index contributed by atoms with van der Waals surface area (Å²) >= 11 is 3.67. The van der Waals surface area contributed by atoms with Gasteiger partial charge in [-0.1, -0.05) is 84.0 Å². The van der Waals surface area contributed by atoms with Crippen LogP contribution in [0.15, 0.2) is 0 Å². The molecule has 0 aliphatic heterocycles. The van der Waals surface area contributed by atoms with Crippen LogP contribution in [0.4, 0.5) is 0 Å². The number of rotatable bonds is 16. The number of carbonyl (C=O) groups is 2. The zero-order valence-corrected chi connectivity index (χ0v) is 15.1. The Morgan fingerprint density at radius 2 is 1.23 bits per heavy atom. The number of thiol groups is 1. The number of hydrogen-bond acceptors (Lipinski definition) is 2. The van der Waals surface area contributed by atoms with Crippen molar-refractivity contribution >= 4 is 23.7 Å². The molecule has 0 spiro atoms. The zero-order chi connectivity index (χ0) is 16.6. The summed E-state index contributed by atoms with van der Waals surface area (Å²) in [5, 5.41) is 8.69. The van der Waals surface area contributed by atoms with E-state index in [1.54, 1.807) is 0 Å². The van der Waals surface area contributed by atoms with Crippen molar-refractivity contribution in [2.24, 2.45) is 5.92 Å². The number of hydrogen-bond donors (Lipinski definition) is 2. The lowest BCUT2D eigenvalue weighted by molar-refractivity contribution is -0.143. The minimum Gasteiger partial charge on any atom is -0.481 e. The Morgan fingerprint density at radius 1 is 0.818 bits per heavy atom. The summed E-state index contributed by atoms with van der Waals surface area (Å²) in [4.78, 5) is 21.9. The maximum atomic E-state index is 11.0. The first-order valence-corrected chi connectivity index (χ1v) is 9.47. The Labute approximate surface area is 141 Å². The fraction of sp³-hybridized carbons (Fsp3) is 0.889. The van der Waals surface area contributed by atoms with E-state index < -0.39 is 11.9 Å². The highest BCUT2D eigenvalue weighted by Gasteiger charge is 2.18. The molecule has 1 N–H and O–H groups in total. The van der Waals surface area contributed by atoms with Crippen molar-refractivity contribution in [3.63, 3.8) is 0 Å². The highest BCUT2D eigenvalue weighted by Crippen LogP contribution is 2.17. The minimum atomic E-state index is -0.870. The van der Waals surface area contributed by atoms with Crippen LogP contribution in [-0.4, -0.2) is 16.2 Å². The van der Waals surface area contributed by atoms with Crippen molar-refractivity contribution in [3.8, 4) is 0 Å². The summed E-state index contributed by atoms with van der Waals surface area (Å²) in [5.74, 6) is -1.42. The molecule has 0 fully saturated rings. The first-order chi connectivity index (χ1) is 10.6. The molecule has 0 aliphatic rings. The fourth-order valence-corrected chi connectivity index (χ4v) is 2.98. The Hall–Kier alpha value is -0.510. The summed E-state index contributed by atoms with van der Waals surface area (Å²) in [7, 11) is 0. The van der Waals surface area contributed by atoms with Crippen molar-refractivity contribution in [1.29, 1.82) is 0 Å². The molecule has 22 heavy (non-hydrogen) atoms. The van der Waals surface area contributed by atoms with Gasteiger partial charge >= 0.3 is 5.97 Å². The SMILES string of the molecule is CCCCCCCCCCCCCCC(CC(=O)S)C(=O)O. The molecular formula is C18H34O3S. The number of carboxylic acids is 1. The van der Waals surface area contributed by atoms with Crippen molar-refractivity contribution in [3.05, 3.63) is 0 Å². The van der Waals surface area contributed by atoms with E-state index in [2.05, 4.69) is 19.6 Å². The Balaban J connectivity index is 3.35. The molecule has 0 radical (unpaired) electrons. The summed E-state index contributed by atoms with van der Waals surface area (Å²) in [5.41, 5.74) is 0. The molecule has 4 heteroatoms. The van der Waals surface area contributed by atoms with E-state index in [4.69, 9.17) is 5.11 Å². The van der Waals surface area contributed by atoms with Crippen molar-refractivity contribution in [2.75, 3.05) is 0 Å². The molecule has 1 atom stereocenters. The monoisotopic (exact) mass is 330 g/mol. The topological polar surface area (TPSA) is 54.4 Å². The van der Waals surface area contributed by atoms with Crippen LogP contribution in [0.3, 0.4) is 0 Å². The van der Waals surface area contributed by atoms with Gasteiger partial charge in [-0.05, 0) is 6.42 Å². The number of carboxylic acid groups (broad SMARTS) is 1. The lowest BCUT2D eigenvalue weighted by Crippen LogP contribution is -2.16. The smallest absolute Gasteiger partial charge is 0.306 e. The summed E-state index contributed by atoms with van der Waals surface area (Å²) < 4.78 is 0. The fourth-order valence-electron chi connectivity index (χ4n) is 2.76.